The Labute approximate surface area is 178 Å². The standard InChI is InChI=1S/C25H18N2O4/c28-23(18-11-6-14-31-18)22-20-19(21-17-10-5-4-7-15(17)12-13-26(21)22)24(29)27(25(20)30)16-8-2-1-3-9-16/h1-14,19-22H/p+1/t19-,20+,21-,22-/m0/s1. The summed E-state index contributed by atoms with van der Waals surface area (Å²) < 4.78 is 5.38. The van der Waals surface area contributed by atoms with Gasteiger partial charge in [-0.1, -0.05) is 42.5 Å². The van der Waals surface area contributed by atoms with Crippen molar-refractivity contribution < 1.29 is 23.7 Å². The van der Waals surface area contributed by atoms with Gasteiger partial charge >= 0.3 is 0 Å². The number of para-hydroxylation sites is 1. The molecule has 2 saturated heterocycles. The minimum absolute atomic E-state index is 0.211. The molecule has 2 fully saturated rings. The van der Waals surface area contributed by atoms with Crippen LogP contribution in [0.25, 0.3) is 6.08 Å². The number of nitrogens with zero attached hydrogens (tertiary/aromatic N) is 1. The SMILES string of the molecule is O=C(c1ccco1)[C@@H]1[C@@H]2C(=O)N(c3ccccc3)C(=O)[C@@H]2[C@@H]2c3ccccc3C=C[NH+]12. The maximum atomic E-state index is 13.7. The third kappa shape index (κ3) is 2.45. The number of benzene rings is 2. The molecule has 6 rings (SSSR count). The first-order valence-corrected chi connectivity index (χ1v) is 10.3. The lowest BCUT2D eigenvalue weighted by molar-refractivity contribution is -0.884. The monoisotopic (exact) mass is 411 g/mol. The Hall–Kier alpha value is -3.77. The topological polar surface area (TPSA) is 72.0 Å². The molecule has 152 valence electrons. The highest BCUT2D eigenvalue weighted by Crippen LogP contribution is 2.45. The summed E-state index contributed by atoms with van der Waals surface area (Å²) in [5.74, 6) is -1.97. The summed E-state index contributed by atoms with van der Waals surface area (Å²) in [6.07, 6.45) is 5.34. The number of hydrogen-bond acceptors (Lipinski definition) is 4. The van der Waals surface area contributed by atoms with Gasteiger partial charge in [0.25, 0.3) is 5.78 Å². The summed E-state index contributed by atoms with van der Waals surface area (Å²) in [6.45, 7) is 0. The van der Waals surface area contributed by atoms with Crippen molar-refractivity contribution in [2.24, 2.45) is 11.8 Å². The van der Waals surface area contributed by atoms with Crippen molar-refractivity contribution in [2.75, 3.05) is 4.90 Å². The van der Waals surface area contributed by atoms with E-state index in [0.29, 0.717) is 5.69 Å². The minimum atomic E-state index is -0.749. The van der Waals surface area contributed by atoms with Crippen molar-refractivity contribution in [1.82, 2.24) is 0 Å². The first-order valence-electron chi connectivity index (χ1n) is 10.3. The highest BCUT2D eigenvalue weighted by Gasteiger charge is 2.68. The van der Waals surface area contributed by atoms with Crippen LogP contribution in [-0.4, -0.2) is 23.6 Å². The Balaban J connectivity index is 1.52. The molecule has 3 aliphatic heterocycles. The van der Waals surface area contributed by atoms with Gasteiger partial charge in [-0.15, -0.1) is 0 Å². The number of anilines is 1. The van der Waals surface area contributed by atoms with Gasteiger partial charge in [0.2, 0.25) is 11.8 Å². The van der Waals surface area contributed by atoms with E-state index >= 15 is 0 Å². The number of fused-ring (bicyclic) bond motifs is 5. The number of carbonyl (C=O) groups excluding carboxylic acids is 3. The lowest BCUT2D eigenvalue weighted by atomic mass is 9.84. The Kier molecular flexibility index (Phi) is 3.85. The second-order valence-corrected chi connectivity index (χ2v) is 8.16. The van der Waals surface area contributed by atoms with Crippen molar-refractivity contribution in [3.05, 3.63) is 96.1 Å². The second-order valence-electron chi connectivity index (χ2n) is 8.16. The number of rotatable bonds is 3. The molecule has 1 aromatic heterocycles. The number of furan rings is 1. The number of imide groups is 1. The van der Waals surface area contributed by atoms with Gasteiger partial charge in [-0.3, -0.25) is 19.3 Å². The van der Waals surface area contributed by atoms with Crippen LogP contribution in [0.4, 0.5) is 5.69 Å². The molecule has 3 aliphatic rings. The lowest BCUT2D eigenvalue weighted by Crippen LogP contribution is -3.12. The molecule has 0 saturated carbocycles. The van der Waals surface area contributed by atoms with E-state index in [1.807, 2.05) is 42.6 Å². The molecule has 4 heterocycles. The first kappa shape index (κ1) is 18.0. The van der Waals surface area contributed by atoms with Gasteiger partial charge < -0.3 is 4.42 Å². The lowest BCUT2D eigenvalue weighted by Gasteiger charge is -2.30. The summed E-state index contributed by atoms with van der Waals surface area (Å²) >= 11 is 0. The van der Waals surface area contributed by atoms with Crippen LogP contribution in [0.2, 0.25) is 0 Å². The number of quaternary nitrogens is 1. The van der Waals surface area contributed by atoms with E-state index in [1.165, 1.54) is 11.2 Å². The zero-order valence-electron chi connectivity index (χ0n) is 16.5. The molecule has 0 bridgehead atoms. The number of hydrogen-bond donors (Lipinski definition) is 1. The van der Waals surface area contributed by atoms with Crippen molar-refractivity contribution in [1.29, 1.82) is 0 Å². The van der Waals surface area contributed by atoms with E-state index in [-0.39, 0.29) is 29.4 Å². The van der Waals surface area contributed by atoms with E-state index in [4.69, 9.17) is 4.42 Å². The maximum absolute atomic E-state index is 13.7. The molecule has 1 unspecified atom stereocenters. The molecule has 5 atom stereocenters. The van der Waals surface area contributed by atoms with E-state index in [2.05, 4.69) is 0 Å². The molecule has 31 heavy (non-hydrogen) atoms. The highest BCUT2D eigenvalue weighted by atomic mass is 16.3. The van der Waals surface area contributed by atoms with E-state index in [1.54, 1.807) is 36.4 Å². The van der Waals surface area contributed by atoms with Gasteiger partial charge in [0.05, 0.1) is 18.2 Å². The summed E-state index contributed by atoms with van der Waals surface area (Å²) in [5.41, 5.74) is 2.54. The largest absolute Gasteiger partial charge is 0.461 e. The number of ketones is 1. The van der Waals surface area contributed by atoms with Crippen LogP contribution >= 0.6 is 0 Å². The fraction of sp³-hybridized carbons (Fsp3) is 0.160. The zero-order valence-corrected chi connectivity index (χ0v) is 16.5. The van der Waals surface area contributed by atoms with Crippen LogP contribution in [0.15, 0.2) is 83.6 Å². The minimum Gasteiger partial charge on any atom is -0.461 e. The summed E-state index contributed by atoms with van der Waals surface area (Å²) in [5, 5.41) is 0. The summed E-state index contributed by atoms with van der Waals surface area (Å²) in [7, 11) is 0. The van der Waals surface area contributed by atoms with E-state index in [9.17, 15) is 14.4 Å². The quantitative estimate of drug-likeness (QED) is 0.530. The Bertz CT molecular complexity index is 1230. The predicted molar refractivity (Wildman–Crippen MR) is 112 cm³/mol. The molecule has 0 spiro atoms. The van der Waals surface area contributed by atoms with Crippen molar-refractivity contribution >= 4 is 29.4 Å². The normalized spacial score (nSPS) is 28.4. The van der Waals surface area contributed by atoms with Gasteiger partial charge in [-0.25, -0.2) is 4.90 Å². The first-order chi connectivity index (χ1) is 15.2. The third-order valence-corrected chi connectivity index (χ3v) is 6.68. The Morgan fingerprint density at radius 2 is 1.61 bits per heavy atom. The third-order valence-electron chi connectivity index (χ3n) is 6.68. The van der Waals surface area contributed by atoms with E-state index in [0.717, 1.165) is 16.0 Å². The molecule has 0 aliphatic carbocycles. The molecule has 2 aromatic carbocycles. The highest BCUT2D eigenvalue weighted by molar-refractivity contribution is 6.24. The molecular formula is C25H19N2O4+. The number of carbonyl (C=O) groups is 3. The Morgan fingerprint density at radius 1 is 0.871 bits per heavy atom. The second kappa shape index (κ2) is 6.62. The molecule has 6 nitrogen and oxygen atoms in total. The van der Waals surface area contributed by atoms with Gasteiger partial charge in [-0.2, -0.15) is 0 Å². The number of Topliss-reactive ketones (excluding diaryl/α,β-unsaturated/α-hetero) is 1. The summed E-state index contributed by atoms with van der Waals surface area (Å²) in [6, 6.07) is 19.0. The zero-order chi connectivity index (χ0) is 21.1. The summed E-state index contributed by atoms with van der Waals surface area (Å²) in [4.78, 5) is 42.8. The predicted octanol–water partition coefficient (Wildman–Crippen LogP) is 2.26. The average molecular weight is 411 g/mol. The number of nitrogens with one attached hydrogen (secondary N) is 1. The maximum Gasteiger partial charge on any atom is 0.256 e. The molecule has 2 amide bonds. The molecule has 0 radical (unpaired) electrons. The van der Waals surface area contributed by atoms with Gasteiger partial charge in [0.1, 0.15) is 17.9 Å². The van der Waals surface area contributed by atoms with Crippen molar-refractivity contribution in [3.63, 3.8) is 0 Å². The van der Waals surface area contributed by atoms with Crippen LogP contribution in [0.3, 0.4) is 0 Å². The Morgan fingerprint density at radius 3 is 2.39 bits per heavy atom. The fourth-order valence-electron chi connectivity index (χ4n) is 5.45. The molecular weight excluding hydrogens is 392 g/mol. The van der Waals surface area contributed by atoms with Gasteiger partial charge in [0.15, 0.2) is 11.8 Å². The van der Waals surface area contributed by atoms with Crippen LogP contribution in [0.1, 0.15) is 27.7 Å². The van der Waals surface area contributed by atoms with Crippen molar-refractivity contribution in [3.8, 4) is 0 Å². The average Bonchev–Trinajstić information content (AvgIpc) is 3.50. The van der Waals surface area contributed by atoms with E-state index < -0.39 is 17.9 Å². The molecule has 1 N–H and O–H groups in total. The fourth-order valence-corrected chi connectivity index (χ4v) is 5.45. The van der Waals surface area contributed by atoms with Gasteiger partial charge in [-0.05, 0) is 35.9 Å². The van der Waals surface area contributed by atoms with Crippen LogP contribution in [0.5, 0.6) is 0 Å². The van der Waals surface area contributed by atoms with Gasteiger partial charge in [0, 0.05) is 5.56 Å². The van der Waals surface area contributed by atoms with Crippen LogP contribution in [0, 0.1) is 11.8 Å². The molecule has 6 heteroatoms. The van der Waals surface area contributed by atoms with Crippen LogP contribution < -0.4 is 9.80 Å². The van der Waals surface area contributed by atoms with Crippen molar-refractivity contribution in [2.45, 2.75) is 12.1 Å². The van der Waals surface area contributed by atoms with Crippen LogP contribution in [-0.2, 0) is 9.59 Å². The number of amides is 2. The molecule has 3 aromatic rings. The smallest absolute Gasteiger partial charge is 0.256 e.